The Labute approximate surface area is 158 Å². The van der Waals surface area contributed by atoms with E-state index in [9.17, 15) is 9.59 Å². The lowest BCUT2D eigenvalue weighted by Crippen LogP contribution is -2.48. The van der Waals surface area contributed by atoms with Crippen molar-refractivity contribution in [2.75, 3.05) is 38.2 Å². The molecule has 1 aromatic heterocycles. The van der Waals surface area contributed by atoms with Gasteiger partial charge in [-0.2, -0.15) is 0 Å². The van der Waals surface area contributed by atoms with Crippen LogP contribution in [0.3, 0.4) is 0 Å². The summed E-state index contributed by atoms with van der Waals surface area (Å²) in [4.78, 5) is 32.1. The molecule has 0 saturated carbocycles. The van der Waals surface area contributed by atoms with Crippen molar-refractivity contribution in [1.82, 2.24) is 15.2 Å². The summed E-state index contributed by atoms with van der Waals surface area (Å²) in [6.07, 6.45) is 3.32. The normalized spacial score (nSPS) is 14.0. The average Bonchev–Trinajstić information content (AvgIpc) is 2.72. The molecule has 3 rings (SSSR count). The zero-order chi connectivity index (χ0) is 19.2. The number of piperazine rings is 1. The lowest BCUT2D eigenvalue weighted by Gasteiger charge is -2.35. The van der Waals surface area contributed by atoms with Crippen molar-refractivity contribution in [1.29, 1.82) is 0 Å². The standard InChI is InChI=1S/C20H24N4O3/c1-15(25)23-7-9-24(10-8-23)18-11-17(13-21-14-18)20(26)22-12-16-3-5-19(27-2)6-4-16/h3-6,11,13-14H,7-10,12H2,1-2H3,(H,22,26). The summed E-state index contributed by atoms with van der Waals surface area (Å²) >= 11 is 0. The molecule has 0 radical (unpaired) electrons. The second-order valence-corrected chi connectivity index (χ2v) is 6.46. The second kappa shape index (κ2) is 8.53. The molecule has 27 heavy (non-hydrogen) atoms. The third-order valence-corrected chi connectivity index (χ3v) is 4.69. The molecule has 1 aliphatic rings. The number of carbonyl (C=O) groups is 2. The molecule has 0 bridgehead atoms. The third-order valence-electron chi connectivity index (χ3n) is 4.69. The predicted molar refractivity (Wildman–Crippen MR) is 103 cm³/mol. The maximum absolute atomic E-state index is 12.5. The molecular formula is C20H24N4O3. The highest BCUT2D eigenvalue weighted by Gasteiger charge is 2.19. The minimum absolute atomic E-state index is 0.0967. The number of nitrogens with zero attached hydrogens (tertiary/aromatic N) is 3. The summed E-state index contributed by atoms with van der Waals surface area (Å²) in [5.41, 5.74) is 2.42. The number of methoxy groups -OCH3 is 1. The number of ether oxygens (including phenoxy) is 1. The van der Waals surface area contributed by atoms with Gasteiger partial charge in [-0.1, -0.05) is 12.1 Å². The van der Waals surface area contributed by atoms with Gasteiger partial charge < -0.3 is 19.9 Å². The van der Waals surface area contributed by atoms with Crippen LogP contribution in [0.5, 0.6) is 5.75 Å². The van der Waals surface area contributed by atoms with Crippen molar-refractivity contribution >= 4 is 17.5 Å². The SMILES string of the molecule is COc1ccc(CNC(=O)c2cncc(N3CCN(C(C)=O)CC3)c2)cc1. The molecule has 7 heteroatoms. The number of hydrogen-bond donors (Lipinski definition) is 1. The van der Waals surface area contributed by atoms with Crippen molar-refractivity contribution in [3.8, 4) is 5.75 Å². The van der Waals surface area contributed by atoms with Crippen molar-refractivity contribution in [3.63, 3.8) is 0 Å². The van der Waals surface area contributed by atoms with Crippen LogP contribution in [-0.2, 0) is 11.3 Å². The number of pyridine rings is 1. The van der Waals surface area contributed by atoms with E-state index in [0.717, 1.165) is 30.1 Å². The van der Waals surface area contributed by atoms with Gasteiger partial charge in [0.2, 0.25) is 5.91 Å². The smallest absolute Gasteiger partial charge is 0.253 e. The summed E-state index contributed by atoms with van der Waals surface area (Å²) in [7, 11) is 1.62. The van der Waals surface area contributed by atoms with Gasteiger partial charge in [0, 0.05) is 45.8 Å². The molecule has 1 aliphatic heterocycles. The van der Waals surface area contributed by atoms with E-state index < -0.39 is 0 Å². The van der Waals surface area contributed by atoms with Crippen LogP contribution in [0.25, 0.3) is 0 Å². The zero-order valence-corrected chi connectivity index (χ0v) is 15.6. The van der Waals surface area contributed by atoms with E-state index in [1.165, 1.54) is 0 Å². The number of carbonyl (C=O) groups excluding carboxylic acids is 2. The summed E-state index contributed by atoms with van der Waals surface area (Å²) < 4.78 is 5.13. The topological polar surface area (TPSA) is 74.8 Å². The van der Waals surface area contributed by atoms with Crippen LogP contribution >= 0.6 is 0 Å². The molecule has 2 heterocycles. The number of nitrogens with one attached hydrogen (secondary N) is 1. The Balaban J connectivity index is 1.59. The lowest BCUT2D eigenvalue weighted by molar-refractivity contribution is -0.129. The van der Waals surface area contributed by atoms with E-state index >= 15 is 0 Å². The van der Waals surface area contributed by atoms with Crippen LogP contribution in [0.4, 0.5) is 5.69 Å². The van der Waals surface area contributed by atoms with E-state index in [1.54, 1.807) is 26.4 Å². The van der Waals surface area contributed by atoms with Gasteiger partial charge in [-0.15, -0.1) is 0 Å². The Morgan fingerprint density at radius 1 is 1.11 bits per heavy atom. The van der Waals surface area contributed by atoms with Crippen LogP contribution in [0.1, 0.15) is 22.8 Å². The summed E-state index contributed by atoms with van der Waals surface area (Å²) in [6.45, 7) is 4.86. The Bertz CT molecular complexity index is 799. The maximum atomic E-state index is 12.5. The van der Waals surface area contributed by atoms with E-state index in [-0.39, 0.29) is 11.8 Å². The van der Waals surface area contributed by atoms with Gasteiger partial charge in [-0.05, 0) is 23.8 Å². The monoisotopic (exact) mass is 368 g/mol. The number of anilines is 1. The molecule has 1 saturated heterocycles. The van der Waals surface area contributed by atoms with E-state index in [1.807, 2.05) is 35.2 Å². The van der Waals surface area contributed by atoms with E-state index in [2.05, 4.69) is 15.2 Å². The number of hydrogen-bond acceptors (Lipinski definition) is 5. The highest BCUT2D eigenvalue weighted by molar-refractivity contribution is 5.94. The molecular weight excluding hydrogens is 344 g/mol. The highest BCUT2D eigenvalue weighted by Crippen LogP contribution is 2.17. The highest BCUT2D eigenvalue weighted by atomic mass is 16.5. The number of amides is 2. The van der Waals surface area contributed by atoms with Crippen LogP contribution < -0.4 is 15.0 Å². The molecule has 0 aliphatic carbocycles. The van der Waals surface area contributed by atoms with Gasteiger partial charge in [-0.25, -0.2) is 0 Å². The molecule has 1 fully saturated rings. The van der Waals surface area contributed by atoms with E-state index in [4.69, 9.17) is 4.74 Å². The van der Waals surface area contributed by atoms with Crippen molar-refractivity contribution < 1.29 is 14.3 Å². The van der Waals surface area contributed by atoms with Gasteiger partial charge in [0.15, 0.2) is 0 Å². The largest absolute Gasteiger partial charge is 0.497 e. The number of rotatable bonds is 5. The molecule has 1 N–H and O–H groups in total. The summed E-state index contributed by atoms with van der Waals surface area (Å²) in [5.74, 6) is 0.717. The molecule has 1 aromatic carbocycles. The third kappa shape index (κ3) is 4.75. The Kier molecular flexibility index (Phi) is 5.90. The van der Waals surface area contributed by atoms with Crippen LogP contribution in [0, 0.1) is 0 Å². The van der Waals surface area contributed by atoms with Crippen molar-refractivity contribution in [2.24, 2.45) is 0 Å². The molecule has 0 spiro atoms. The average molecular weight is 368 g/mol. The molecule has 7 nitrogen and oxygen atoms in total. The van der Waals surface area contributed by atoms with Crippen LogP contribution in [0.2, 0.25) is 0 Å². The lowest BCUT2D eigenvalue weighted by atomic mass is 10.2. The Hall–Kier alpha value is -3.09. The van der Waals surface area contributed by atoms with Gasteiger partial charge in [0.25, 0.3) is 5.91 Å². The second-order valence-electron chi connectivity index (χ2n) is 6.46. The summed E-state index contributed by atoms with van der Waals surface area (Å²) in [6, 6.07) is 9.42. The molecule has 2 amide bonds. The molecule has 142 valence electrons. The molecule has 0 atom stereocenters. The van der Waals surface area contributed by atoms with Gasteiger partial charge in [-0.3, -0.25) is 14.6 Å². The van der Waals surface area contributed by atoms with E-state index in [0.29, 0.717) is 25.2 Å². The van der Waals surface area contributed by atoms with Crippen LogP contribution in [0.15, 0.2) is 42.7 Å². The Morgan fingerprint density at radius 2 is 1.81 bits per heavy atom. The Morgan fingerprint density at radius 3 is 2.44 bits per heavy atom. The first-order valence-corrected chi connectivity index (χ1v) is 8.93. The maximum Gasteiger partial charge on any atom is 0.253 e. The fourth-order valence-corrected chi connectivity index (χ4v) is 3.03. The van der Waals surface area contributed by atoms with Gasteiger partial charge >= 0.3 is 0 Å². The minimum atomic E-state index is -0.164. The molecule has 0 unspecified atom stereocenters. The number of benzene rings is 1. The van der Waals surface area contributed by atoms with Gasteiger partial charge in [0.1, 0.15) is 5.75 Å². The fourth-order valence-electron chi connectivity index (χ4n) is 3.03. The first kappa shape index (κ1) is 18.7. The summed E-state index contributed by atoms with van der Waals surface area (Å²) in [5, 5.41) is 2.91. The van der Waals surface area contributed by atoms with Gasteiger partial charge in [0.05, 0.1) is 24.6 Å². The van der Waals surface area contributed by atoms with Crippen LogP contribution in [-0.4, -0.2) is 55.0 Å². The molecule has 2 aromatic rings. The number of aromatic nitrogens is 1. The first-order chi connectivity index (χ1) is 13.1. The fraction of sp³-hybridized carbons (Fsp3) is 0.350. The van der Waals surface area contributed by atoms with Crippen molar-refractivity contribution in [2.45, 2.75) is 13.5 Å². The van der Waals surface area contributed by atoms with Crippen molar-refractivity contribution in [3.05, 3.63) is 53.9 Å². The quantitative estimate of drug-likeness (QED) is 0.869. The zero-order valence-electron chi connectivity index (χ0n) is 15.6. The predicted octanol–water partition coefficient (Wildman–Crippen LogP) is 1.69. The minimum Gasteiger partial charge on any atom is -0.497 e. The first-order valence-electron chi connectivity index (χ1n) is 8.93.